The molecule has 152 valence electrons. The molecule has 1 aliphatic rings. The Kier molecular flexibility index (Phi) is 5.59. The van der Waals surface area contributed by atoms with Crippen molar-refractivity contribution in [3.8, 4) is 11.4 Å². The van der Waals surface area contributed by atoms with Crippen LogP contribution in [-0.2, 0) is 16.7 Å². The number of aryl methyl sites for hydroxylation is 1. The van der Waals surface area contributed by atoms with Crippen molar-refractivity contribution in [3.63, 3.8) is 0 Å². The molecular formula is C19H22N6O2S2. The number of sulfonamides is 1. The standard InChI is InChI=1S/C19H22N6O2S2/c1-15-4-6-16(7-5-15)18-21-19(28)25(22-18)14-23-9-11-24(12-10-23)29(26,27)17-3-2-8-20-13-17/h2-8,13H,9-12,14H2,1H3,(H,21,22,28). The number of aromatic nitrogens is 4. The quantitative estimate of drug-likeness (QED) is 0.625. The molecule has 10 heteroatoms. The van der Waals surface area contributed by atoms with Crippen LogP contribution in [0.15, 0.2) is 53.7 Å². The second-order valence-corrected chi connectivity index (χ2v) is 9.30. The van der Waals surface area contributed by atoms with Crippen LogP contribution in [0.4, 0.5) is 0 Å². The summed E-state index contributed by atoms with van der Waals surface area (Å²) in [7, 11) is -3.51. The summed E-state index contributed by atoms with van der Waals surface area (Å²) < 4.78 is 29.2. The molecule has 1 N–H and O–H groups in total. The van der Waals surface area contributed by atoms with Gasteiger partial charge in [0.05, 0.1) is 6.67 Å². The maximum atomic E-state index is 12.7. The van der Waals surface area contributed by atoms with Crippen LogP contribution in [-0.4, -0.2) is 63.6 Å². The minimum Gasteiger partial charge on any atom is -0.282 e. The van der Waals surface area contributed by atoms with Crippen molar-refractivity contribution in [1.29, 1.82) is 0 Å². The Morgan fingerprint density at radius 2 is 1.83 bits per heavy atom. The fraction of sp³-hybridized carbons (Fsp3) is 0.316. The molecule has 0 radical (unpaired) electrons. The molecule has 2 aromatic heterocycles. The Morgan fingerprint density at radius 1 is 1.10 bits per heavy atom. The first-order chi connectivity index (χ1) is 13.9. The Morgan fingerprint density at radius 3 is 2.48 bits per heavy atom. The monoisotopic (exact) mass is 430 g/mol. The molecule has 4 rings (SSSR count). The third-order valence-corrected chi connectivity index (χ3v) is 7.14. The number of benzene rings is 1. The average Bonchev–Trinajstić information content (AvgIpc) is 3.10. The highest BCUT2D eigenvalue weighted by Gasteiger charge is 2.28. The zero-order valence-electron chi connectivity index (χ0n) is 16.0. The van der Waals surface area contributed by atoms with Crippen LogP contribution in [0, 0.1) is 11.7 Å². The van der Waals surface area contributed by atoms with Crippen molar-refractivity contribution in [2.24, 2.45) is 0 Å². The number of hydrogen-bond donors (Lipinski definition) is 1. The van der Waals surface area contributed by atoms with E-state index in [0.717, 1.165) is 11.4 Å². The van der Waals surface area contributed by atoms with Gasteiger partial charge in [-0.15, -0.1) is 0 Å². The summed E-state index contributed by atoms with van der Waals surface area (Å²) in [6, 6.07) is 11.3. The van der Waals surface area contributed by atoms with E-state index in [1.54, 1.807) is 18.3 Å². The molecule has 0 saturated carbocycles. The number of piperazine rings is 1. The molecule has 3 aromatic rings. The first kappa shape index (κ1) is 19.9. The van der Waals surface area contributed by atoms with Crippen molar-refractivity contribution >= 4 is 22.2 Å². The molecule has 1 aromatic carbocycles. The number of hydrogen-bond acceptors (Lipinski definition) is 6. The fourth-order valence-electron chi connectivity index (χ4n) is 3.25. The highest BCUT2D eigenvalue weighted by atomic mass is 32.2. The van der Waals surface area contributed by atoms with Gasteiger partial charge in [-0.3, -0.25) is 15.0 Å². The van der Waals surface area contributed by atoms with E-state index in [2.05, 4.69) is 20.0 Å². The van der Waals surface area contributed by atoms with Crippen molar-refractivity contribution in [3.05, 3.63) is 59.1 Å². The molecule has 0 aliphatic carbocycles. The Bertz CT molecular complexity index is 1130. The predicted molar refractivity (Wildman–Crippen MR) is 112 cm³/mol. The zero-order chi connectivity index (χ0) is 20.4. The van der Waals surface area contributed by atoms with Crippen molar-refractivity contribution in [2.75, 3.05) is 26.2 Å². The molecule has 8 nitrogen and oxygen atoms in total. The van der Waals surface area contributed by atoms with Gasteiger partial charge in [-0.1, -0.05) is 29.8 Å². The predicted octanol–water partition coefficient (Wildman–Crippen LogP) is 2.28. The lowest BCUT2D eigenvalue weighted by atomic mass is 10.1. The summed E-state index contributed by atoms with van der Waals surface area (Å²) in [6.45, 7) is 4.64. The molecule has 1 fully saturated rings. The van der Waals surface area contributed by atoms with E-state index in [0.29, 0.717) is 37.6 Å². The Labute approximate surface area is 174 Å². The summed E-state index contributed by atoms with van der Waals surface area (Å²) in [6.07, 6.45) is 2.95. The van der Waals surface area contributed by atoms with Gasteiger partial charge >= 0.3 is 0 Å². The number of rotatable bonds is 5. The lowest BCUT2D eigenvalue weighted by molar-refractivity contribution is 0.145. The fourth-order valence-corrected chi connectivity index (χ4v) is 4.83. The minimum atomic E-state index is -3.51. The van der Waals surface area contributed by atoms with Crippen LogP contribution in [0.1, 0.15) is 5.56 Å². The summed E-state index contributed by atoms with van der Waals surface area (Å²) in [4.78, 5) is 10.8. The number of aromatic amines is 1. The number of pyridine rings is 1. The molecule has 1 aliphatic heterocycles. The van der Waals surface area contributed by atoms with Gasteiger partial charge in [0.1, 0.15) is 4.90 Å². The van der Waals surface area contributed by atoms with Gasteiger partial charge in [-0.05, 0) is 31.3 Å². The molecule has 0 bridgehead atoms. The molecule has 3 heterocycles. The first-order valence-electron chi connectivity index (χ1n) is 9.30. The molecule has 0 amide bonds. The van der Waals surface area contributed by atoms with Gasteiger partial charge in [0.25, 0.3) is 0 Å². The van der Waals surface area contributed by atoms with Gasteiger partial charge in [0.15, 0.2) is 5.82 Å². The zero-order valence-corrected chi connectivity index (χ0v) is 17.7. The topological polar surface area (TPSA) is 87.1 Å². The van der Waals surface area contributed by atoms with E-state index in [1.165, 1.54) is 16.1 Å². The van der Waals surface area contributed by atoms with E-state index >= 15 is 0 Å². The van der Waals surface area contributed by atoms with E-state index in [-0.39, 0.29) is 4.90 Å². The largest absolute Gasteiger partial charge is 0.282 e. The molecule has 29 heavy (non-hydrogen) atoms. The van der Waals surface area contributed by atoms with Crippen molar-refractivity contribution in [2.45, 2.75) is 18.5 Å². The summed E-state index contributed by atoms with van der Waals surface area (Å²) >= 11 is 5.39. The van der Waals surface area contributed by atoms with Gasteiger partial charge in [-0.25, -0.2) is 13.1 Å². The molecule has 0 atom stereocenters. The number of nitrogens with zero attached hydrogens (tertiary/aromatic N) is 5. The highest BCUT2D eigenvalue weighted by Crippen LogP contribution is 2.18. The van der Waals surface area contributed by atoms with Crippen LogP contribution >= 0.6 is 12.2 Å². The summed E-state index contributed by atoms with van der Waals surface area (Å²) in [5.74, 6) is 0.729. The molecule has 0 unspecified atom stereocenters. The smallest absolute Gasteiger partial charge is 0.244 e. The average molecular weight is 431 g/mol. The highest BCUT2D eigenvalue weighted by molar-refractivity contribution is 7.89. The van der Waals surface area contributed by atoms with Crippen LogP contribution < -0.4 is 0 Å². The number of nitrogens with one attached hydrogen (secondary N) is 1. The maximum Gasteiger partial charge on any atom is 0.244 e. The summed E-state index contributed by atoms with van der Waals surface area (Å²) in [5.41, 5.74) is 2.17. The van der Waals surface area contributed by atoms with E-state index < -0.39 is 10.0 Å². The number of H-pyrrole nitrogens is 1. The van der Waals surface area contributed by atoms with E-state index in [9.17, 15) is 8.42 Å². The van der Waals surface area contributed by atoms with Gasteiger partial charge in [0.2, 0.25) is 14.8 Å². The van der Waals surface area contributed by atoms with Gasteiger partial charge in [-0.2, -0.15) is 9.29 Å². The van der Waals surface area contributed by atoms with Crippen LogP contribution in [0.5, 0.6) is 0 Å². The van der Waals surface area contributed by atoms with Crippen LogP contribution in [0.2, 0.25) is 0 Å². The minimum absolute atomic E-state index is 0.229. The molecule has 0 spiro atoms. The van der Waals surface area contributed by atoms with E-state index in [4.69, 9.17) is 12.2 Å². The maximum absolute atomic E-state index is 12.7. The van der Waals surface area contributed by atoms with Crippen molar-refractivity contribution < 1.29 is 8.42 Å². The third kappa shape index (κ3) is 4.30. The normalized spacial score (nSPS) is 16.2. The lowest BCUT2D eigenvalue weighted by Crippen LogP contribution is -2.48. The molecular weight excluding hydrogens is 408 g/mol. The summed E-state index contributed by atoms with van der Waals surface area (Å²) in [5, 5.41) is 3.25. The van der Waals surface area contributed by atoms with Crippen molar-refractivity contribution in [1.82, 2.24) is 29.0 Å². The Balaban J connectivity index is 1.41. The lowest BCUT2D eigenvalue weighted by Gasteiger charge is -2.33. The Hall–Kier alpha value is -2.40. The van der Waals surface area contributed by atoms with Crippen LogP contribution in [0.3, 0.4) is 0 Å². The van der Waals surface area contributed by atoms with Gasteiger partial charge < -0.3 is 0 Å². The first-order valence-corrected chi connectivity index (χ1v) is 11.1. The second kappa shape index (κ2) is 8.15. The second-order valence-electron chi connectivity index (χ2n) is 7.00. The molecule has 1 saturated heterocycles. The SMILES string of the molecule is Cc1ccc(-c2nc(=S)n(CN3CCN(S(=O)(=O)c4cccnc4)CC3)[nH]2)cc1. The third-order valence-electron chi connectivity index (χ3n) is 4.95. The van der Waals surface area contributed by atoms with Crippen LogP contribution in [0.25, 0.3) is 11.4 Å². The van der Waals surface area contributed by atoms with E-state index in [1.807, 2.05) is 35.9 Å². The van der Waals surface area contributed by atoms with Gasteiger partial charge in [0, 0.05) is 44.1 Å².